The lowest BCUT2D eigenvalue weighted by Gasteiger charge is -2.33. The van der Waals surface area contributed by atoms with Gasteiger partial charge in [0.15, 0.2) is 6.29 Å². The van der Waals surface area contributed by atoms with Gasteiger partial charge in [0.2, 0.25) is 0 Å². The average molecular weight is 553 g/mol. The predicted molar refractivity (Wildman–Crippen MR) is 146 cm³/mol. The van der Waals surface area contributed by atoms with E-state index < -0.39 is 22.2 Å². The zero-order chi connectivity index (χ0) is 27.2. The topological polar surface area (TPSA) is 119 Å². The number of pyridine rings is 2. The quantitative estimate of drug-likeness (QED) is 0.332. The summed E-state index contributed by atoms with van der Waals surface area (Å²) >= 11 is 0. The van der Waals surface area contributed by atoms with Crippen LogP contribution in [0.2, 0.25) is 0 Å². The number of nitrogens with one attached hydrogen (secondary N) is 1. The molecule has 5 rings (SSSR count). The Hall–Kier alpha value is -3.58. The molecule has 1 amide bonds. The van der Waals surface area contributed by atoms with Crippen molar-refractivity contribution >= 4 is 27.8 Å². The largest absolute Gasteiger partial charge is 0.354 e. The second-order valence-electron chi connectivity index (χ2n) is 9.57. The van der Waals surface area contributed by atoms with Crippen molar-refractivity contribution in [2.45, 2.75) is 30.4 Å². The lowest BCUT2D eigenvalue weighted by atomic mass is 10.1. The first kappa shape index (κ1) is 27.0. The Bertz CT molecular complexity index is 1410. The van der Waals surface area contributed by atoms with Crippen molar-refractivity contribution in [2.24, 2.45) is 0 Å². The van der Waals surface area contributed by atoms with Crippen LogP contribution in [0.1, 0.15) is 24.8 Å². The third-order valence-electron chi connectivity index (χ3n) is 6.73. The van der Waals surface area contributed by atoms with Crippen LogP contribution < -0.4 is 10.4 Å². The molecule has 39 heavy (non-hydrogen) atoms. The fourth-order valence-corrected chi connectivity index (χ4v) is 5.54. The molecule has 0 radical (unpaired) electrons. The monoisotopic (exact) mass is 552 g/mol. The third-order valence-corrected chi connectivity index (χ3v) is 8.35. The first-order valence-electron chi connectivity index (χ1n) is 12.9. The molecule has 3 aromatic rings. The number of anilines is 1. The minimum atomic E-state index is -3.86. The molecule has 12 heteroatoms. The van der Waals surface area contributed by atoms with Gasteiger partial charge in [-0.25, -0.2) is 27.7 Å². The van der Waals surface area contributed by atoms with Gasteiger partial charge < -0.3 is 14.5 Å². The highest BCUT2D eigenvalue weighted by atomic mass is 32.2. The minimum absolute atomic E-state index is 0.0596. The highest BCUT2D eigenvalue weighted by Gasteiger charge is 2.19. The van der Waals surface area contributed by atoms with Crippen LogP contribution in [0.15, 0.2) is 66.1 Å². The van der Waals surface area contributed by atoms with Crippen LogP contribution in [0, 0.1) is 0 Å². The summed E-state index contributed by atoms with van der Waals surface area (Å²) in [7, 11) is -1.75. The van der Waals surface area contributed by atoms with Crippen LogP contribution in [0.4, 0.5) is 5.82 Å². The maximum atomic E-state index is 13.2. The van der Waals surface area contributed by atoms with E-state index in [0.29, 0.717) is 17.9 Å². The Morgan fingerprint density at radius 2 is 1.97 bits per heavy atom. The van der Waals surface area contributed by atoms with E-state index in [0.717, 1.165) is 60.8 Å². The third kappa shape index (κ3) is 6.71. The van der Waals surface area contributed by atoms with E-state index >= 15 is 0 Å². The van der Waals surface area contributed by atoms with Crippen molar-refractivity contribution in [3.63, 3.8) is 0 Å². The number of piperazine rings is 1. The lowest BCUT2D eigenvalue weighted by molar-refractivity contribution is -0.198. The van der Waals surface area contributed by atoms with Gasteiger partial charge in [-0.05, 0) is 61.9 Å². The number of nitrogens with zero attached hydrogens (tertiary/aromatic N) is 5. The zero-order valence-corrected chi connectivity index (χ0v) is 22.6. The van der Waals surface area contributed by atoms with Gasteiger partial charge in [-0.3, -0.25) is 9.78 Å². The summed E-state index contributed by atoms with van der Waals surface area (Å²) in [4.78, 5) is 30.8. The first-order chi connectivity index (χ1) is 18.9. The Labute approximate surface area is 228 Å². The summed E-state index contributed by atoms with van der Waals surface area (Å²) in [5.74, 6) is 0.418. The lowest BCUT2D eigenvalue weighted by Crippen LogP contribution is -2.44. The van der Waals surface area contributed by atoms with E-state index in [1.807, 2.05) is 12.1 Å². The summed E-state index contributed by atoms with van der Waals surface area (Å²) in [6.07, 6.45) is 11.0. The van der Waals surface area contributed by atoms with Gasteiger partial charge in [0.1, 0.15) is 10.7 Å². The highest BCUT2D eigenvalue weighted by Crippen LogP contribution is 2.24. The fraction of sp³-hybridized carbons (Fsp3) is 0.370. The smallest absolute Gasteiger partial charge is 0.269 e. The number of carbonyl (C=O) groups is 1. The van der Waals surface area contributed by atoms with Crippen molar-refractivity contribution < 1.29 is 22.8 Å². The molecule has 0 aromatic carbocycles. The van der Waals surface area contributed by atoms with Gasteiger partial charge in [0, 0.05) is 75.6 Å². The fourth-order valence-electron chi connectivity index (χ4n) is 4.39. The standard InChI is InChI=1S/C27H32N6O5S/c1-31-13-15-32(16-14-31)25-18-22(9-11-28-25)24-7-6-23(19-29-24)39(35,36)33-12-10-21(20-33)5-8-26(34)30-38-27-4-2-3-17-37-27/h5-12,18-20,27H,2-4,13-17H2,1H3,(H,30,34)/b8-5+. The number of hydrogen-bond donors (Lipinski definition) is 1. The van der Waals surface area contributed by atoms with Crippen LogP contribution in [0.5, 0.6) is 0 Å². The highest BCUT2D eigenvalue weighted by molar-refractivity contribution is 7.90. The molecule has 1 unspecified atom stereocenters. The molecule has 2 saturated heterocycles. The average Bonchev–Trinajstić information content (AvgIpc) is 3.46. The van der Waals surface area contributed by atoms with Crippen LogP contribution in [-0.2, 0) is 24.4 Å². The molecule has 11 nitrogen and oxygen atoms in total. The molecule has 2 aliphatic heterocycles. The van der Waals surface area contributed by atoms with Gasteiger partial charge in [-0.2, -0.15) is 0 Å². The van der Waals surface area contributed by atoms with Crippen molar-refractivity contribution in [1.82, 2.24) is 24.3 Å². The number of hydroxylamine groups is 1. The van der Waals surface area contributed by atoms with Gasteiger partial charge in [-0.1, -0.05) is 0 Å². The number of amides is 1. The molecule has 1 atom stereocenters. The maximum absolute atomic E-state index is 13.2. The van der Waals surface area contributed by atoms with E-state index in [1.54, 1.807) is 24.4 Å². The van der Waals surface area contributed by atoms with E-state index in [2.05, 4.69) is 32.3 Å². The first-order valence-corrected chi connectivity index (χ1v) is 14.4. The Kier molecular flexibility index (Phi) is 8.36. The Morgan fingerprint density at radius 1 is 1.13 bits per heavy atom. The molecule has 3 aromatic heterocycles. The summed E-state index contributed by atoms with van der Waals surface area (Å²) in [6.45, 7) is 4.37. The molecular formula is C27H32N6O5S. The second kappa shape index (κ2) is 12.1. The minimum Gasteiger partial charge on any atom is -0.354 e. The second-order valence-corrected chi connectivity index (χ2v) is 11.4. The molecule has 206 valence electrons. The van der Waals surface area contributed by atoms with Crippen LogP contribution in [-0.4, -0.2) is 79.3 Å². The molecule has 0 spiro atoms. The number of likely N-dealkylation sites (N-methyl/N-ethyl adjacent to an activating group) is 1. The van der Waals surface area contributed by atoms with Crippen molar-refractivity contribution in [1.29, 1.82) is 0 Å². The van der Waals surface area contributed by atoms with Gasteiger partial charge in [0.05, 0.1) is 5.69 Å². The van der Waals surface area contributed by atoms with Gasteiger partial charge in [-0.15, -0.1) is 0 Å². The number of ether oxygens (including phenoxy) is 1. The molecular weight excluding hydrogens is 520 g/mol. The van der Waals surface area contributed by atoms with E-state index in [9.17, 15) is 13.2 Å². The Balaban J connectivity index is 1.22. The van der Waals surface area contributed by atoms with Crippen molar-refractivity contribution in [3.05, 3.63) is 66.8 Å². The molecule has 0 bridgehead atoms. The van der Waals surface area contributed by atoms with Crippen LogP contribution >= 0.6 is 0 Å². The Morgan fingerprint density at radius 3 is 2.72 bits per heavy atom. The normalized spacial score (nSPS) is 18.9. The van der Waals surface area contributed by atoms with E-state index in [-0.39, 0.29) is 4.90 Å². The molecule has 5 heterocycles. The molecule has 2 fully saturated rings. The number of aromatic nitrogens is 3. The summed E-state index contributed by atoms with van der Waals surface area (Å²) < 4.78 is 32.8. The SMILES string of the molecule is CN1CCN(c2cc(-c3ccc(S(=O)(=O)n4ccc(/C=C/C(=O)NOC5CCCCO5)c4)cn3)ccn2)CC1. The maximum Gasteiger partial charge on any atom is 0.269 e. The van der Waals surface area contributed by atoms with Crippen molar-refractivity contribution in [3.8, 4) is 11.3 Å². The predicted octanol–water partition coefficient (Wildman–Crippen LogP) is 2.52. The summed E-state index contributed by atoms with van der Waals surface area (Å²) in [5.41, 5.74) is 4.41. The van der Waals surface area contributed by atoms with Crippen LogP contribution in [0.3, 0.4) is 0 Å². The van der Waals surface area contributed by atoms with Crippen molar-refractivity contribution in [2.75, 3.05) is 44.7 Å². The molecule has 0 saturated carbocycles. The van der Waals surface area contributed by atoms with Gasteiger partial charge >= 0.3 is 0 Å². The van der Waals surface area contributed by atoms with Gasteiger partial charge in [0.25, 0.3) is 15.9 Å². The zero-order valence-electron chi connectivity index (χ0n) is 21.8. The number of carbonyl (C=O) groups excluding carboxylic acids is 1. The van der Waals surface area contributed by atoms with Crippen LogP contribution in [0.25, 0.3) is 17.3 Å². The molecule has 1 N–H and O–H groups in total. The summed E-state index contributed by atoms with van der Waals surface area (Å²) in [6, 6.07) is 8.69. The molecule has 2 aliphatic rings. The number of hydrogen-bond acceptors (Lipinski definition) is 9. The summed E-state index contributed by atoms with van der Waals surface area (Å²) in [5, 5.41) is 0. The van der Waals surface area contributed by atoms with E-state index in [1.165, 1.54) is 30.7 Å². The molecule has 0 aliphatic carbocycles. The van der Waals surface area contributed by atoms with E-state index in [4.69, 9.17) is 9.57 Å². The number of rotatable bonds is 8.